The average Bonchev–Trinajstić information content (AvgIpc) is 2.40. The van der Waals surface area contributed by atoms with Gasteiger partial charge in [-0.3, -0.25) is 9.59 Å². The number of hydrogen-bond donors (Lipinski definition) is 2. The Morgan fingerprint density at radius 2 is 2.22 bits per heavy atom. The van der Waals surface area contributed by atoms with E-state index < -0.39 is 5.91 Å². The molecular weight excluding hydrogens is 234 g/mol. The van der Waals surface area contributed by atoms with Crippen LogP contribution in [0, 0.1) is 0 Å². The number of H-pyrrole nitrogens is 1. The molecular formula is C12H11N3O3. The Balaban J connectivity index is 2.16. The highest BCUT2D eigenvalue weighted by atomic mass is 16.5. The van der Waals surface area contributed by atoms with Gasteiger partial charge in [-0.1, -0.05) is 0 Å². The molecule has 6 nitrogen and oxygen atoms in total. The van der Waals surface area contributed by atoms with Crippen LogP contribution in [-0.4, -0.2) is 23.0 Å². The molecule has 18 heavy (non-hydrogen) atoms. The number of rotatable bonds is 3. The first kappa shape index (κ1) is 11.8. The van der Waals surface area contributed by atoms with E-state index in [0.29, 0.717) is 11.6 Å². The summed E-state index contributed by atoms with van der Waals surface area (Å²) in [4.78, 5) is 29.9. The lowest BCUT2D eigenvalue weighted by Gasteiger charge is -2.04. The quantitative estimate of drug-likeness (QED) is 0.845. The first-order valence-corrected chi connectivity index (χ1v) is 5.19. The summed E-state index contributed by atoms with van der Waals surface area (Å²) in [6, 6.07) is 4.55. The summed E-state index contributed by atoms with van der Waals surface area (Å²) in [6.45, 7) is 0. The second-order valence-electron chi connectivity index (χ2n) is 3.47. The molecule has 0 saturated carbocycles. The molecule has 2 aromatic rings. The van der Waals surface area contributed by atoms with E-state index >= 15 is 0 Å². The van der Waals surface area contributed by atoms with Crippen LogP contribution in [-0.2, 0) is 0 Å². The maximum absolute atomic E-state index is 11.8. The Kier molecular flexibility index (Phi) is 3.38. The van der Waals surface area contributed by atoms with E-state index in [2.05, 4.69) is 15.3 Å². The number of nitrogens with one attached hydrogen (secondary N) is 2. The summed E-state index contributed by atoms with van der Waals surface area (Å²) in [6.07, 6.45) is 4.27. The number of aromatic amines is 1. The average molecular weight is 245 g/mol. The zero-order chi connectivity index (χ0) is 13.0. The molecule has 2 N–H and O–H groups in total. The van der Waals surface area contributed by atoms with Crippen molar-refractivity contribution >= 4 is 11.6 Å². The normalized spacial score (nSPS) is 9.83. The first-order valence-electron chi connectivity index (χ1n) is 5.19. The Morgan fingerprint density at radius 1 is 1.39 bits per heavy atom. The van der Waals surface area contributed by atoms with Gasteiger partial charge in [-0.05, 0) is 6.07 Å². The van der Waals surface area contributed by atoms with Gasteiger partial charge in [-0.2, -0.15) is 0 Å². The van der Waals surface area contributed by atoms with Crippen molar-refractivity contribution in [2.24, 2.45) is 0 Å². The molecule has 2 heterocycles. The first-order chi connectivity index (χ1) is 8.70. The van der Waals surface area contributed by atoms with Crippen LogP contribution >= 0.6 is 0 Å². The van der Waals surface area contributed by atoms with Gasteiger partial charge < -0.3 is 15.0 Å². The van der Waals surface area contributed by atoms with Crippen molar-refractivity contribution in [3.63, 3.8) is 0 Å². The molecule has 0 unspecified atom stereocenters. The number of nitrogens with zero attached hydrogens (tertiary/aromatic N) is 1. The van der Waals surface area contributed by atoms with Crippen LogP contribution in [0.1, 0.15) is 10.4 Å². The molecule has 0 aromatic carbocycles. The summed E-state index contributed by atoms with van der Waals surface area (Å²) in [5.41, 5.74) is 0.199. The summed E-state index contributed by atoms with van der Waals surface area (Å²) < 4.78 is 4.90. The highest BCUT2D eigenvalue weighted by molar-refractivity contribution is 6.03. The monoisotopic (exact) mass is 245 g/mol. The molecule has 0 aliphatic rings. The van der Waals surface area contributed by atoms with Gasteiger partial charge >= 0.3 is 0 Å². The molecule has 92 valence electrons. The maximum atomic E-state index is 11.8. The zero-order valence-corrected chi connectivity index (χ0v) is 9.64. The van der Waals surface area contributed by atoms with Crippen molar-refractivity contribution in [2.75, 3.05) is 12.4 Å². The summed E-state index contributed by atoms with van der Waals surface area (Å²) in [5.74, 6) is -0.0330. The van der Waals surface area contributed by atoms with Crippen LogP contribution < -0.4 is 15.5 Å². The van der Waals surface area contributed by atoms with E-state index in [1.54, 1.807) is 12.1 Å². The molecule has 0 aliphatic carbocycles. The number of carbonyl (C=O) groups excluding carboxylic acids is 1. The summed E-state index contributed by atoms with van der Waals surface area (Å²) >= 11 is 0. The van der Waals surface area contributed by atoms with Gasteiger partial charge in [0.25, 0.3) is 5.91 Å². The highest BCUT2D eigenvalue weighted by Crippen LogP contribution is 2.11. The third-order valence-electron chi connectivity index (χ3n) is 2.27. The van der Waals surface area contributed by atoms with Crippen molar-refractivity contribution in [1.29, 1.82) is 0 Å². The standard InChI is InChI=1S/C12H11N3O3/c1-18-11-3-2-8(6-14-11)15-12(17)9-7-13-5-4-10(9)16/h2-7H,1H3,(H,13,16)(H,15,17). The highest BCUT2D eigenvalue weighted by Gasteiger charge is 2.09. The predicted molar refractivity (Wildman–Crippen MR) is 65.8 cm³/mol. The smallest absolute Gasteiger partial charge is 0.261 e. The van der Waals surface area contributed by atoms with E-state index in [9.17, 15) is 9.59 Å². The van der Waals surface area contributed by atoms with Crippen molar-refractivity contribution in [3.8, 4) is 5.88 Å². The van der Waals surface area contributed by atoms with E-state index in [1.807, 2.05) is 0 Å². The predicted octanol–water partition coefficient (Wildman–Crippen LogP) is 1.03. The molecule has 0 radical (unpaired) electrons. The molecule has 0 aliphatic heterocycles. The van der Waals surface area contributed by atoms with Gasteiger partial charge in [0.15, 0.2) is 5.43 Å². The SMILES string of the molecule is COc1ccc(NC(=O)c2c[nH]ccc2=O)cn1. The Bertz CT molecular complexity index is 604. The Morgan fingerprint density at radius 3 is 2.83 bits per heavy atom. The molecule has 2 rings (SSSR count). The molecule has 6 heteroatoms. The molecule has 1 amide bonds. The van der Waals surface area contributed by atoms with Crippen LogP contribution in [0.3, 0.4) is 0 Å². The van der Waals surface area contributed by atoms with Gasteiger partial charge in [-0.25, -0.2) is 4.98 Å². The Hall–Kier alpha value is -2.63. The fraction of sp³-hybridized carbons (Fsp3) is 0.0833. The number of methoxy groups -OCH3 is 1. The minimum absolute atomic E-state index is 0.0494. The number of amides is 1. The van der Waals surface area contributed by atoms with Crippen LogP contribution in [0.5, 0.6) is 5.88 Å². The lowest BCUT2D eigenvalue weighted by atomic mass is 10.2. The van der Waals surface area contributed by atoms with Crippen molar-refractivity contribution in [1.82, 2.24) is 9.97 Å². The molecule has 0 fully saturated rings. The third-order valence-corrected chi connectivity index (χ3v) is 2.27. The maximum Gasteiger partial charge on any atom is 0.261 e. The third kappa shape index (κ3) is 2.54. The lowest BCUT2D eigenvalue weighted by molar-refractivity contribution is 0.102. The van der Waals surface area contributed by atoms with E-state index in [1.165, 1.54) is 31.8 Å². The van der Waals surface area contributed by atoms with Gasteiger partial charge in [0.05, 0.1) is 19.0 Å². The number of hydrogen-bond acceptors (Lipinski definition) is 4. The fourth-order valence-electron chi connectivity index (χ4n) is 1.37. The topological polar surface area (TPSA) is 84.1 Å². The second-order valence-corrected chi connectivity index (χ2v) is 3.47. The van der Waals surface area contributed by atoms with Gasteiger partial charge in [-0.15, -0.1) is 0 Å². The van der Waals surface area contributed by atoms with Gasteiger partial charge in [0, 0.05) is 24.5 Å². The molecule has 0 bridgehead atoms. The van der Waals surface area contributed by atoms with Gasteiger partial charge in [0.1, 0.15) is 5.56 Å². The lowest BCUT2D eigenvalue weighted by Crippen LogP contribution is -2.20. The number of pyridine rings is 2. The Labute approximate surface area is 103 Å². The van der Waals surface area contributed by atoms with Crippen molar-refractivity contribution in [2.45, 2.75) is 0 Å². The summed E-state index contributed by atoms with van der Waals surface area (Å²) in [7, 11) is 1.50. The van der Waals surface area contributed by atoms with Crippen molar-refractivity contribution in [3.05, 3.63) is 52.6 Å². The van der Waals surface area contributed by atoms with E-state index in [-0.39, 0.29) is 11.0 Å². The number of carbonyl (C=O) groups is 1. The molecule has 0 saturated heterocycles. The number of ether oxygens (including phenoxy) is 1. The molecule has 0 spiro atoms. The zero-order valence-electron chi connectivity index (χ0n) is 9.64. The minimum atomic E-state index is -0.483. The minimum Gasteiger partial charge on any atom is -0.481 e. The summed E-state index contributed by atoms with van der Waals surface area (Å²) in [5, 5.41) is 2.57. The fourth-order valence-corrected chi connectivity index (χ4v) is 1.37. The largest absolute Gasteiger partial charge is 0.481 e. The van der Waals surface area contributed by atoms with Crippen LogP contribution in [0.15, 0.2) is 41.6 Å². The second kappa shape index (κ2) is 5.13. The molecule has 2 aromatic heterocycles. The van der Waals surface area contributed by atoms with Crippen LogP contribution in [0.4, 0.5) is 5.69 Å². The molecule has 0 atom stereocenters. The van der Waals surface area contributed by atoms with E-state index in [4.69, 9.17) is 4.74 Å². The van der Waals surface area contributed by atoms with Crippen LogP contribution in [0.2, 0.25) is 0 Å². The number of anilines is 1. The van der Waals surface area contributed by atoms with Gasteiger partial charge in [0.2, 0.25) is 5.88 Å². The number of aromatic nitrogens is 2. The van der Waals surface area contributed by atoms with Crippen molar-refractivity contribution < 1.29 is 9.53 Å². The van der Waals surface area contributed by atoms with E-state index in [0.717, 1.165) is 0 Å². The van der Waals surface area contributed by atoms with Crippen LogP contribution in [0.25, 0.3) is 0 Å².